The number of hydrogen-bond donors (Lipinski definition) is 0. The van der Waals surface area contributed by atoms with Crippen molar-refractivity contribution in [3.8, 4) is 0 Å². The lowest BCUT2D eigenvalue weighted by Gasteiger charge is -2.20. The second kappa shape index (κ2) is 2.70. The maximum Gasteiger partial charge on any atom is 0.262 e. The Balaban J connectivity index is 2.33. The third kappa shape index (κ3) is 2.07. The Bertz CT molecular complexity index is 79.4. The van der Waals surface area contributed by atoms with E-state index < -0.39 is 15.5 Å². The molecule has 8 heavy (non-hydrogen) atoms. The zero-order valence-corrected chi connectivity index (χ0v) is 8.42. The van der Waals surface area contributed by atoms with Gasteiger partial charge in [0.15, 0.2) is 9.28 Å². The number of rotatable bonds is 0. The van der Waals surface area contributed by atoms with E-state index in [2.05, 4.69) is 0 Å². The summed E-state index contributed by atoms with van der Waals surface area (Å²) in [4.78, 5) is 0. The van der Waals surface area contributed by atoms with Gasteiger partial charge < -0.3 is 4.43 Å². The molecule has 5 heteroatoms. The highest BCUT2D eigenvalue weighted by Crippen LogP contribution is 2.24. The molecule has 0 saturated carbocycles. The number of halogens is 2. The third-order valence-electron chi connectivity index (χ3n) is 1.14. The van der Waals surface area contributed by atoms with Crippen LogP contribution in [-0.2, 0) is 4.43 Å². The van der Waals surface area contributed by atoms with Crippen LogP contribution < -0.4 is 0 Å². The van der Waals surface area contributed by atoms with Gasteiger partial charge in [-0.15, -0.1) is 22.2 Å². The van der Waals surface area contributed by atoms with E-state index in [0.29, 0.717) is 0 Å². The van der Waals surface area contributed by atoms with Crippen molar-refractivity contribution in [3.63, 3.8) is 0 Å². The van der Waals surface area contributed by atoms with Crippen LogP contribution in [0.3, 0.4) is 0 Å². The lowest BCUT2D eigenvalue weighted by atomic mass is 10.5. The van der Waals surface area contributed by atoms with Crippen LogP contribution in [0.4, 0.5) is 0 Å². The van der Waals surface area contributed by atoms with Crippen LogP contribution in [0.1, 0.15) is 6.42 Å². The fraction of sp³-hybridized carbons (Fsp3) is 1.00. The van der Waals surface area contributed by atoms with Gasteiger partial charge in [0, 0.05) is 6.61 Å². The van der Waals surface area contributed by atoms with Gasteiger partial charge in [0.2, 0.25) is 0 Å². The molecular weight excluding hydrogens is 179 g/mol. The molecule has 0 unspecified atom stereocenters. The van der Waals surface area contributed by atoms with Gasteiger partial charge in [0.25, 0.3) is 6.21 Å². The minimum Gasteiger partial charge on any atom is -0.424 e. The van der Waals surface area contributed by atoms with Crippen LogP contribution in [0.15, 0.2) is 0 Å². The molecule has 1 fully saturated rings. The van der Waals surface area contributed by atoms with Gasteiger partial charge in [0.1, 0.15) is 0 Å². The van der Waals surface area contributed by atoms with Gasteiger partial charge in [-0.05, 0) is 12.5 Å². The highest BCUT2D eigenvalue weighted by molar-refractivity contribution is 7.65. The van der Waals surface area contributed by atoms with Crippen molar-refractivity contribution in [1.29, 1.82) is 0 Å². The predicted molar refractivity (Wildman–Crippen MR) is 41.4 cm³/mol. The Hall–Kier alpha value is 0.974. The average Bonchev–Trinajstić information content (AvgIpc) is 1.65. The molecule has 48 valence electrons. The summed E-state index contributed by atoms with van der Waals surface area (Å²) in [5.74, 6) is 0. The normalized spacial score (nSPS) is 30.8. The van der Waals surface area contributed by atoms with E-state index in [1.807, 2.05) is 0 Å². The molecule has 0 atom stereocenters. The molecule has 0 spiro atoms. The van der Waals surface area contributed by atoms with E-state index in [0.717, 1.165) is 19.1 Å². The van der Waals surface area contributed by atoms with E-state index in [4.69, 9.17) is 26.6 Å². The fourth-order valence-electron chi connectivity index (χ4n) is 0.727. The van der Waals surface area contributed by atoms with Crippen molar-refractivity contribution < 1.29 is 4.43 Å². The summed E-state index contributed by atoms with van der Waals surface area (Å²) < 4.78 is 5.22. The van der Waals surface area contributed by atoms with E-state index in [9.17, 15) is 0 Å². The van der Waals surface area contributed by atoms with Crippen LogP contribution in [0.25, 0.3) is 0 Å². The van der Waals surface area contributed by atoms with Crippen molar-refractivity contribution in [2.24, 2.45) is 0 Å². The van der Waals surface area contributed by atoms with Gasteiger partial charge in [-0.25, -0.2) is 0 Å². The molecule has 0 amide bonds. The molecule has 0 aliphatic carbocycles. The van der Waals surface area contributed by atoms with E-state index in [1.165, 1.54) is 0 Å². The first-order chi connectivity index (χ1) is 3.71. The molecule has 1 rings (SSSR count). The molecule has 1 aliphatic rings. The highest BCUT2D eigenvalue weighted by atomic mass is 35.7. The van der Waals surface area contributed by atoms with E-state index >= 15 is 0 Å². The minimum absolute atomic E-state index is 0.494. The monoisotopic (exact) mass is 186 g/mol. The zero-order valence-electron chi connectivity index (χ0n) is 4.49. The molecular formula is C3H8Cl2OSi2. The summed E-state index contributed by atoms with van der Waals surface area (Å²) in [6.07, 6.45) is -0.654. The molecule has 1 aliphatic heterocycles. The standard InChI is InChI=1S/C3H8Cl2OSi2/c4-8(5)3-1-2-6-7-8/h1-3,7H2. The second-order valence-electron chi connectivity index (χ2n) is 2.01. The fourth-order valence-corrected chi connectivity index (χ4v) is 6.88. The maximum absolute atomic E-state index is 5.91. The average molecular weight is 187 g/mol. The first-order valence-corrected chi connectivity index (χ1v) is 9.80. The summed E-state index contributed by atoms with van der Waals surface area (Å²) in [6.45, 7) is 0.903. The Morgan fingerprint density at radius 1 is 1.50 bits per heavy atom. The van der Waals surface area contributed by atoms with Crippen LogP contribution in [0, 0.1) is 0 Å². The van der Waals surface area contributed by atoms with Crippen LogP contribution in [0.2, 0.25) is 6.04 Å². The van der Waals surface area contributed by atoms with Gasteiger partial charge >= 0.3 is 0 Å². The summed E-state index contributed by atoms with van der Waals surface area (Å²) in [7, 11) is -0.494. The van der Waals surface area contributed by atoms with Gasteiger partial charge in [-0.1, -0.05) is 0 Å². The third-order valence-corrected chi connectivity index (χ3v) is 9.18. The Labute approximate surface area is 61.5 Å². The molecule has 0 bridgehead atoms. The summed E-state index contributed by atoms with van der Waals surface area (Å²) in [5, 5.41) is 0. The maximum atomic E-state index is 5.91. The summed E-state index contributed by atoms with van der Waals surface area (Å²) >= 11 is 11.8. The zero-order chi connectivity index (χ0) is 6.04. The SMILES string of the molecule is Cl[Si]1(Cl)CCCO[SiH2]1. The van der Waals surface area contributed by atoms with Crippen LogP contribution in [-0.4, -0.2) is 22.1 Å². The van der Waals surface area contributed by atoms with Gasteiger partial charge in [-0.3, -0.25) is 0 Å². The second-order valence-corrected chi connectivity index (χ2v) is 17.0. The van der Waals surface area contributed by atoms with Crippen molar-refractivity contribution in [2.45, 2.75) is 12.5 Å². The molecule has 1 heterocycles. The minimum atomic E-state index is -1.73. The topological polar surface area (TPSA) is 9.23 Å². The summed E-state index contributed by atoms with van der Waals surface area (Å²) in [5.41, 5.74) is 0. The smallest absolute Gasteiger partial charge is 0.262 e. The molecule has 0 N–H and O–H groups in total. The van der Waals surface area contributed by atoms with E-state index in [1.54, 1.807) is 0 Å². The molecule has 1 nitrogen and oxygen atoms in total. The van der Waals surface area contributed by atoms with E-state index in [-0.39, 0.29) is 0 Å². The molecule has 1 saturated heterocycles. The Kier molecular flexibility index (Phi) is 2.40. The first kappa shape index (κ1) is 7.09. The van der Waals surface area contributed by atoms with Gasteiger partial charge in [0.05, 0.1) is 0 Å². The Morgan fingerprint density at radius 3 is 2.50 bits per heavy atom. The molecule has 0 radical (unpaired) electrons. The first-order valence-electron chi connectivity index (χ1n) is 2.66. The molecule has 0 aromatic carbocycles. The predicted octanol–water partition coefficient (Wildman–Crippen LogP) is 0.907. The molecule has 0 aromatic heterocycles. The highest BCUT2D eigenvalue weighted by Gasteiger charge is 2.31. The lowest BCUT2D eigenvalue weighted by Crippen LogP contribution is -2.35. The number of hydrogen-bond acceptors (Lipinski definition) is 1. The van der Waals surface area contributed by atoms with Gasteiger partial charge in [-0.2, -0.15) is 0 Å². The van der Waals surface area contributed by atoms with Crippen molar-refractivity contribution in [3.05, 3.63) is 0 Å². The lowest BCUT2D eigenvalue weighted by molar-refractivity contribution is 0.336. The quantitative estimate of drug-likeness (QED) is 0.404. The van der Waals surface area contributed by atoms with Crippen molar-refractivity contribution in [2.75, 3.05) is 6.61 Å². The van der Waals surface area contributed by atoms with Crippen LogP contribution in [0.5, 0.6) is 0 Å². The molecule has 0 aromatic rings. The summed E-state index contributed by atoms with van der Waals surface area (Å²) in [6, 6.07) is 1.06. The largest absolute Gasteiger partial charge is 0.424 e. The Morgan fingerprint density at radius 2 is 2.25 bits per heavy atom. The van der Waals surface area contributed by atoms with Crippen LogP contribution >= 0.6 is 22.2 Å². The van der Waals surface area contributed by atoms with Crippen molar-refractivity contribution in [1.82, 2.24) is 0 Å². The van der Waals surface area contributed by atoms with Crippen molar-refractivity contribution >= 4 is 37.6 Å².